The molecule has 102 valence electrons. The molecule has 0 radical (unpaired) electrons. The molecular formula is C14H28N2Si2. The van der Waals surface area contributed by atoms with Gasteiger partial charge in [-0.3, -0.25) is 0 Å². The Bertz CT molecular complexity index is 389. The summed E-state index contributed by atoms with van der Waals surface area (Å²) in [6.45, 7) is 19.1. The smallest absolute Gasteiger partial charge is 0.126 e. The van der Waals surface area contributed by atoms with E-state index in [1.165, 1.54) is 5.69 Å². The maximum Gasteiger partial charge on any atom is 0.126 e. The Morgan fingerprint density at radius 2 is 1.44 bits per heavy atom. The zero-order valence-electron chi connectivity index (χ0n) is 13.2. The van der Waals surface area contributed by atoms with E-state index in [0.717, 1.165) is 5.82 Å². The molecule has 0 atom stereocenters. The van der Waals surface area contributed by atoms with Crippen molar-refractivity contribution in [1.29, 1.82) is 0 Å². The number of hydrogen-bond donors (Lipinski definition) is 0. The Balaban J connectivity index is 3.27. The lowest BCUT2D eigenvalue weighted by molar-refractivity contribution is 0.790. The number of hydrogen-bond acceptors (Lipinski definition) is 2. The highest BCUT2D eigenvalue weighted by Gasteiger charge is 2.40. The molecule has 0 N–H and O–H groups in total. The van der Waals surface area contributed by atoms with Crippen molar-refractivity contribution >= 4 is 16.1 Å². The van der Waals surface area contributed by atoms with Crippen LogP contribution in [0.4, 0.5) is 0 Å². The maximum absolute atomic E-state index is 4.86. The monoisotopic (exact) mass is 280 g/mol. The maximum atomic E-state index is 4.86. The topological polar surface area (TPSA) is 25.8 Å². The lowest BCUT2D eigenvalue weighted by Crippen LogP contribution is -2.47. The van der Waals surface area contributed by atoms with E-state index in [0.29, 0.717) is 11.1 Å². The van der Waals surface area contributed by atoms with Gasteiger partial charge in [-0.15, -0.1) is 0 Å². The highest BCUT2D eigenvalue weighted by molar-refractivity contribution is 6.96. The van der Waals surface area contributed by atoms with Crippen molar-refractivity contribution in [3.63, 3.8) is 0 Å². The van der Waals surface area contributed by atoms with Gasteiger partial charge >= 0.3 is 0 Å². The summed E-state index contributed by atoms with van der Waals surface area (Å²) in [6.07, 6.45) is 1.95. The minimum absolute atomic E-state index is 0.482. The van der Waals surface area contributed by atoms with Crippen molar-refractivity contribution < 1.29 is 0 Å². The Morgan fingerprint density at radius 3 is 1.83 bits per heavy atom. The van der Waals surface area contributed by atoms with Gasteiger partial charge in [0.15, 0.2) is 0 Å². The Morgan fingerprint density at radius 1 is 0.944 bits per heavy atom. The third-order valence-electron chi connectivity index (χ3n) is 3.28. The molecule has 0 amide bonds. The Labute approximate surface area is 114 Å². The van der Waals surface area contributed by atoms with Crippen LogP contribution in [0.2, 0.25) is 39.3 Å². The van der Waals surface area contributed by atoms with Gasteiger partial charge in [0.1, 0.15) is 5.82 Å². The molecule has 0 unspecified atom stereocenters. The van der Waals surface area contributed by atoms with E-state index in [1.54, 1.807) is 0 Å². The van der Waals surface area contributed by atoms with Crippen LogP contribution in [0, 0.1) is 0 Å². The van der Waals surface area contributed by atoms with E-state index in [2.05, 4.69) is 64.2 Å². The first-order chi connectivity index (χ1) is 8.03. The minimum Gasteiger partial charge on any atom is -0.242 e. The number of nitrogens with zero attached hydrogens (tertiary/aromatic N) is 2. The summed E-state index contributed by atoms with van der Waals surface area (Å²) in [5.74, 6) is 1.59. The van der Waals surface area contributed by atoms with Gasteiger partial charge in [-0.25, -0.2) is 9.97 Å². The lowest BCUT2D eigenvalue weighted by atomic mass is 10.1. The molecule has 2 nitrogen and oxygen atoms in total. The van der Waals surface area contributed by atoms with Crippen LogP contribution in [0.25, 0.3) is 0 Å². The Hall–Kier alpha value is -0.486. The van der Waals surface area contributed by atoms with Gasteiger partial charge in [0.05, 0.1) is 16.1 Å². The summed E-state index contributed by atoms with van der Waals surface area (Å²) >= 11 is 0. The molecule has 0 aliphatic carbocycles. The van der Waals surface area contributed by atoms with Gasteiger partial charge in [-0.1, -0.05) is 53.1 Å². The van der Waals surface area contributed by atoms with E-state index in [1.807, 2.05) is 6.20 Å². The minimum atomic E-state index is -1.28. The van der Waals surface area contributed by atoms with E-state index in [4.69, 9.17) is 4.98 Å². The predicted molar refractivity (Wildman–Crippen MR) is 85.6 cm³/mol. The van der Waals surface area contributed by atoms with Crippen LogP contribution in [0.1, 0.15) is 36.4 Å². The third-order valence-corrected chi connectivity index (χ3v) is 12.5. The summed E-state index contributed by atoms with van der Waals surface area (Å²) in [6, 6.07) is 2.06. The first kappa shape index (κ1) is 15.6. The normalized spacial score (nSPS) is 13.4. The summed E-state index contributed by atoms with van der Waals surface area (Å²) < 4.78 is 0. The van der Waals surface area contributed by atoms with Crippen molar-refractivity contribution in [2.24, 2.45) is 0 Å². The molecule has 0 fully saturated rings. The molecular weight excluding hydrogens is 252 g/mol. The van der Waals surface area contributed by atoms with E-state index in [-0.39, 0.29) is 0 Å². The van der Waals surface area contributed by atoms with Crippen LogP contribution in [0.15, 0.2) is 12.3 Å². The van der Waals surface area contributed by atoms with Gasteiger partial charge in [0.25, 0.3) is 0 Å². The average Bonchev–Trinajstić information content (AvgIpc) is 2.13. The quantitative estimate of drug-likeness (QED) is 0.762. The molecule has 0 aliphatic heterocycles. The van der Waals surface area contributed by atoms with Crippen LogP contribution in [-0.2, 0) is 0 Å². The molecule has 18 heavy (non-hydrogen) atoms. The fourth-order valence-corrected chi connectivity index (χ4v) is 15.1. The van der Waals surface area contributed by atoms with Crippen LogP contribution in [0.5, 0.6) is 0 Å². The summed E-state index contributed by atoms with van der Waals surface area (Å²) in [5, 5.41) is 0.628. The molecule has 0 aromatic carbocycles. The molecule has 1 aromatic heterocycles. The first-order valence-corrected chi connectivity index (χ1v) is 14.0. The highest BCUT2D eigenvalue weighted by atomic mass is 28.4. The molecule has 1 aromatic rings. The largest absolute Gasteiger partial charge is 0.242 e. The van der Waals surface area contributed by atoms with E-state index >= 15 is 0 Å². The van der Waals surface area contributed by atoms with Gasteiger partial charge in [-0.05, 0) is 12.0 Å². The van der Waals surface area contributed by atoms with Crippen molar-refractivity contribution in [3.8, 4) is 0 Å². The van der Waals surface area contributed by atoms with Crippen LogP contribution < -0.4 is 0 Å². The molecule has 1 rings (SSSR count). The SMILES string of the molecule is CC(C)c1ccnc(C([Si](C)(C)C)[Si](C)(C)C)n1. The fraction of sp³-hybridized carbons (Fsp3) is 0.714. The molecule has 0 spiro atoms. The van der Waals surface area contributed by atoms with Crippen molar-refractivity contribution in [3.05, 3.63) is 23.8 Å². The van der Waals surface area contributed by atoms with E-state index < -0.39 is 16.1 Å². The van der Waals surface area contributed by atoms with Gasteiger partial charge in [0.2, 0.25) is 0 Å². The predicted octanol–water partition coefficient (Wildman–Crippen LogP) is 4.44. The number of aromatic nitrogens is 2. The van der Waals surface area contributed by atoms with Crippen molar-refractivity contribution in [2.45, 2.75) is 64.2 Å². The van der Waals surface area contributed by atoms with Crippen LogP contribution in [-0.4, -0.2) is 26.1 Å². The first-order valence-electron chi connectivity index (χ1n) is 6.86. The zero-order chi connectivity index (χ0) is 14.1. The van der Waals surface area contributed by atoms with Crippen LogP contribution in [0.3, 0.4) is 0 Å². The molecule has 0 aliphatic rings. The molecule has 1 heterocycles. The zero-order valence-corrected chi connectivity index (χ0v) is 15.2. The van der Waals surface area contributed by atoms with Gasteiger partial charge < -0.3 is 0 Å². The van der Waals surface area contributed by atoms with Gasteiger partial charge in [-0.2, -0.15) is 0 Å². The highest BCUT2D eigenvalue weighted by Crippen LogP contribution is 2.34. The summed E-state index contributed by atoms with van der Waals surface area (Å²) in [4.78, 5) is 9.48. The molecule has 0 saturated heterocycles. The second kappa shape index (κ2) is 5.25. The van der Waals surface area contributed by atoms with Crippen LogP contribution >= 0.6 is 0 Å². The van der Waals surface area contributed by atoms with Gasteiger partial charge in [0, 0.05) is 17.1 Å². The lowest BCUT2D eigenvalue weighted by Gasteiger charge is -2.37. The van der Waals surface area contributed by atoms with Crippen molar-refractivity contribution in [2.75, 3.05) is 0 Å². The van der Waals surface area contributed by atoms with Crippen molar-refractivity contribution in [1.82, 2.24) is 9.97 Å². The second-order valence-electron chi connectivity index (χ2n) is 7.66. The third kappa shape index (κ3) is 3.75. The summed E-state index contributed by atoms with van der Waals surface area (Å²) in [7, 11) is -2.57. The number of rotatable bonds is 4. The van der Waals surface area contributed by atoms with E-state index in [9.17, 15) is 0 Å². The summed E-state index contributed by atoms with van der Waals surface area (Å²) in [5.41, 5.74) is 1.18. The second-order valence-corrected chi connectivity index (χ2v) is 18.9. The molecule has 0 bridgehead atoms. The molecule has 0 saturated carbocycles. The standard InChI is InChI=1S/C14H28N2Si2/c1-11(2)12-9-10-15-13(16-12)14(17(3,4)5)18(6,7)8/h9-11,14H,1-8H3. The Kier molecular flexibility index (Phi) is 4.54. The fourth-order valence-electron chi connectivity index (χ4n) is 2.92. The average molecular weight is 281 g/mol. The molecule has 4 heteroatoms.